The molecule has 9 heteroatoms. The summed E-state index contributed by atoms with van der Waals surface area (Å²) in [5.74, 6) is 2.83. The summed E-state index contributed by atoms with van der Waals surface area (Å²) < 4.78 is 5.41. The topological polar surface area (TPSA) is 105 Å². The van der Waals surface area contributed by atoms with E-state index in [0.717, 1.165) is 54.6 Å². The number of pyridine rings is 2. The lowest BCUT2D eigenvalue weighted by molar-refractivity contribution is 0.0695. The van der Waals surface area contributed by atoms with Crippen LogP contribution in [0.5, 0.6) is 0 Å². The highest BCUT2D eigenvalue weighted by atomic mass is 16.5. The van der Waals surface area contributed by atoms with Crippen LogP contribution in [0.1, 0.15) is 68.4 Å². The number of hydrogen-bond donors (Lipinski definition) is 2. The van der Waals surface area contributed by atoms with Gasteiger partial charge in [-0.25, -0.2) is 9.97 Å². The summed E-state index contributed by atoms with van der Waals surface area (Å²) in [4.78, 5) is 33.8. The van der Waals surface area contributed by atoms with Gasteiger partial charge in [0.1, 0.15) is 17.3 Å². The van der Waals surface area contributed by atoms with Crippen LogP contribution in [0, 0.1) is 5.92 Å². The second kappa shape index (κ2) is 10.7. The molecule has 5 heterocycles. The molecule has 2 aliphatic rings. The van der Waals surface area contributed by atoms with E-state index in [1.54, 1.807) is 12.4 Å². The molecule has 5 rings (SSSR count). The molecule has 0 aromatic carbocycles. The zero-order chi connectivity index (χ0) is 25.1. The number of amides is 1. The number of anilines is 3. The van der Waals surface area contributed by atoms with Crippen molar-refractivity contribution in [3.63, 3.8) is 0 Å². The van der Waals surface area contributed by atoms with E-state index < -0.39 is 0 Å². The fourth-order valence-corrected chi connectivity index (χ4v) is 5.03. The van der Waals surface area contributed by atoms with Crippen molar-refractivity contribution in [1.29, 1.82) is 0 Å². The van der Waals surface area contributed by atoms with E-state index >= 15 is 0 Å². The number of piperidine rings is 1. The number of fused-ring (bicyclic) bond motifs is 1. The molecule has 2 aliphatic heterocycles. The molecule has 1 amide bonds. The van der Waals surface area contributed by atoms with E-state index in [9.17, 15) is 4.79 Å². The van der Waals surface area contributed by atoms with E-state index in [1.807, 2.05) is 18.3 Å². The van der Waals surface area contributed by atoms with Gasteiger partial charge in [-0.2, -0.15) is 4.98 Å². The van der Waals surface area contributed by atoms with Crippen molar-refractivity contribution in [3.05, 3.63) is 42.0 Å². The Balaban J connectivity index is 1.41. The molecule has 0 saturated carbocycles. The minimum Gasteiger partial charge on any atom is -0.381 e. The van der Waals surface area contributed by atoms with Gasteiger partial charge in [-0.1, -0.05) is 20.8 Å². The number of ether oxygens (including phenoxy) is 1. The first-order valence-corrected chi connectivity index (χ1v) is 13.0. The maximum absolute atomic E-state index is 13.1. The Morgan fingerprint density at radius 2 is 1.92 bits per heavy atom. The summed E-state index contributed by atoms with van der Waals surface area (Å²) in [6.45, 7) is 9.82. The number of carbonyl (C=O) groups is 1. The van der Waals surface area contributed by atoms with Gasteiger partial charge in [-0.3, -0.25) is 9.78 Å². The highest BCUT2D eigenvalue weighted by Crippen LogP contribution is 2.29. The Bertz CT molecular complexity index is 1230. The summed E-state index contributed by atoms with van der Waals surface area (Å²) >= 11 is 0. The van der Waals surface area contributed by atoms with Crippen molar-refractivity contribution in [3.8, 4) is 0 Å². The molecule has 2 saturated heterocycles. The SMILES string of the molecule is CC1CCCN(c2nccc(Nc3cc4c(C(C)C)cnc(C(=O)NC5CCOCC5)c4cn3)n2)C1. The molecule has 1 atom stereocenters. The molecule has 2 fully saturated rings. The van der Waals surface area contributed by atoms with Gasteiger partial charge in [0.25, 0.3) is 5.91 Å². The van der Waals surface area contributed by atoms with Crippen molar-refractivity contribution in [1.82, 2.24) is 25.3 Å². The Morgan fingerprint density at radius 3 is 2.69 bits per heavy atom. The van der Waals surface area contributed by atoms with Crippen molar-refractivity contribution in [2.45, 2.75) is 58.4 Å². The van der Waals surface area contributed by atoms with E-state index in [2.05, 4.69) is 51.3 Å². The fourth-order valence-electron chi connectivity index (χ4n) is 5.03. The normalized spacial score (nSPS) is 19.0. The smallest absolute Gasteiger partial charge is 0.270 e. The number of aromatic nitrogens is 4. The van der Waals surface area contributed by atoms with Crippen LogP contribution in [-0.4, -0.2) is 58.2 Å². The second-order valence-corrected chi connectivity index (χ2v) is 10.3. The summed E-state index contributed by atoms with van der Waals surface area (Å²) in [6.07, 6.45) is 9.38. The van der Waals surface area contributed by atoms with Gasteiger partial charge in [0.05, 0.1) is 0 Å². The largest absolute Gasteiger partial charge is 0.381 e. The van der Waals surface area contributed by atoms with Crippen LogP contribution in [0.2, 0.25) is 0 Å². The van der Waals surface area contributed by atoms with Crippen LogP contribution in [0.25, 0.3) is 10.8 Å². The Kier molecular flexibility index (Phi) is 7.27. The molecule has 0 bridgehead atoms. The Morgan fingerprint density at radius 1 is 1.08 bits per heavy atom. The lowest BCUT2D eigenvalue weighted by Crippen LogP contribution is -2.39. The monoisotopic (exact) mass is 489 g/mol. The molecule has 3 aromatic heterocycles. The third-order valence-corrected chi connectivity index (χ3v) is 7.04. The quantitative estimate of drug-likeness (QED) is 0.524. The van der Waals surface area contributed by atoms with Crippen molar-refractivity contribution in [2.75, 3.05) is 36.5 Å². The van der Waals surface area contributed by atoms with Crippen molar-refractivity contribution >= 4 is 34.3 Å². The minimum absolute atomic E-state index is 0.108. The lowest BCUT2D eigenvalue weighted by atomic mass is 9.98. The molecule has 0 aliphatic carbocycles. The maximum Gasteiger partial charge on any atom is 0.270 e. The highest BCUT2D eigenvalue weighted by molar-refractivity contribution is 6.06. The molecule has 190 valence electrons. The van der Waals surface area contributed by atoms with Crippen LogP contribution in [0.4, 0.5) is 17.6 Å². The maximum atomic E-state index is 13.1. The summed E-state index contributed by atoms with van der Waals surface area (Å²) in [5, 5.41) is 8.19. The Hall–Kier alpha value is -3.33. The number of hydrogen-bond acceptors (Lipinski definition) is 8. The van der Waals surface area contributed by atoms with Crippen LogP contribution < -0.4 is 15.5 Å². The molecule has 9 nitrogen and oxygen atoms in total. The average Bonchev–Trinajstić information content (AvgIpc) is 2.88. The average molecular weight is 490 g/mol. The molecule has 3 aromatic rings. The first kappa shape index (κ1) is 24.4. The van der Waals surface area contributed by atoms with E-state index in [4.69, 9.17) is 9.72 Å². The first-order chi connectivity index (χ1) is 17.5. The standard InChI is InChI=1S/C27H35N7O2/c1-17(2)21-14-30-25(26(35)31-19-7-11-36-12-8-19)22-15-29-24(13-20(21)22)32-23-6-9-28-27(33-23)34-10-4-5-18(3)16-34/h6,9,13-15,17-19H,4-5,7-8,10-12,16H2,1-3H3,(H,31,35)(H,28,29,32,33). The van der Waals surface area contributed by atoms with Gasteiger partial charge in [0.15, 0.2) is 0 Å². The van der Waals surface area contributed by atoms with Crippen molar-refractivity contribution in [2.24, 2.45) is 5.92 Å². The lowest BCUT2D eigenvalue weighted by Gasteiger charge is -2.30. The molecule has 0 radical (unpaired) electrons. The van der Waals surface area contributed by atoms with Gasteiger partial charge in [0.2, 0.25) is 5.95 Å². The fraction of sp³-hybridized carbons (Fsp3) is 0.519. The van der Waals surface area contributed by atoms with Crippen LogP contribution in [0.3, 0.4) is 0 Å². The van der Waals surface area contributed by atoms with Gasteiger partial charge in [0, 0.05) is 56.3 Å². The molecule has 0 spiro atoms. The molecule has 36 heavy (non-hydrogen) atoms. The molecule has 2 N–H and O–H groups in total. The Labute approximate surface area is 212 Å². The highest BCUT2D eigenvalue weighted by Gasteiger charge is 2.22. The van der Waals surface area contributed by atoms with E-state index in [0.29, 0.717) is 36.5 Å². The molecular weight excluding hydrogens is 454 g/mol. The zero-order valence-corrected chi connectivity index (χ0v) is 21.3. The second-order valence-electron chi connectivity index (χ2n) is 10.3. The number of nitrogens with one attached hydrogen (secondary N) is 2. The van der Waals surface area contributed by atoms with Gasteiger partial charge < -0.3 is 20.3 Å². The van der Waals surface area contributed by atoms with Crippen molar-refractivity contribution < 1.29 is 9.53 Å². The summed E-state index contributed by atoms with van der Waals surface area (Å²) in [7, 11) is 0. The predicted octanol–water partition coefficient (Wildman–Crippen LogP) is 4.43. The van der Waals surface area contributed by atoms with Crippen LogP contribution in [-0.2, 0) is 4.74 Å². The summed E-state index contributed by atoms with van der Waals surface area (Å²) in [5.41, 5.74) is 1.48. The summed E-state index contributed by atoms with van der Waals surface area (Å²) in [6, 6.07) is 3.95. The third-order valence-electron chi connectivity index (χ3n) is 7.04. The van der Waals surface area contributed by atoms with Gasteiger partial charge in [-0.15, -0.1) is 0 Å². The molecular formula is C27H35N7O2. The zero-order valence-electron chi connectivity index (χ0n) is 21.3. The van der Waals surface area contributed by atoms with Gasteiger partial charge >= 0.3 is 0 Å². The predicted molar refractivity (Wildman–Crippen MR) is 141 cm³/mol. The van der Waals surface area contributed by atoms with Gasteiger partial charge in [-0.05, 0) is 60.6 Å². The third kappa shape index (κ3) is 5.41. The van der Waals surface area contributed by atoms with Crippen LogP contribution in [0.15, 0.2) is 30.7 Å². The molecule has 1 unspecified atom stereocenters. The minimum atomic E-state index is -0.166. The van der Waals surface area contributed by atoms with Crippen LogP contribution >= 0.6 is 0 Å². The number of nitrogens with zero attached hydrogens (tertiary/aromatic N) is 5. The number of rotatable bonds is 6. The first-order valence-electron chi connectivity index (χ1n) is 13.0. The number of carbonyl (C=O) groups excluding carboxylic acids is 1. The van der Waals surface area contributed by atoms with E-state index in [1.165, 1.54) is 6.42 Å². The van der Waals surface area contributed by atoms with E-state index in [-0.39, 0.29) is 17.9 Å².